The molecule has 1 N–H and O–H groups in total. The van der Waals surface area contributed by atoms with E-state index in [0.717, 1.165) is 17.7 Å². The molecule has 2 aromatic rings. The zero-order valence-electron chi connectivity index (χ0n) is 18.0. The lowest BCUT2D eigenvalue weighted by atomic mass is 9.87. The van der Waals surface area contributed by atoms with Crippen molar-refractivity contribution in [1.82, 2.24) is 5.32 Å². The van der Waals surface area contributed by atoms with Crippen molar-refractivity contribution >= 4 is 11.9 Å². The van der Waals surface area contributed by atoms with Crippen LogP contribution in [-0.2, 0) is 21.6 Å². The van der Waals surface area contributed by atoms with Crippen molar-refractivity contribution in [3.05, 3.63) is 65.2 Å². The van der Waals surface area contributed by atoms with E-state index in [1.807, 2.05) is 38.1 Å². The molecule has 1 amide bonds. The van der Waals surface area contributed by atoms with E-state index in [0.29, 0.717) is 12.2 Å². The first-order valence-electron chi connectivity index (χ1n) is 9.98. The number of ether oxygens (including phenoxy) is 2. The molecule has 5 nitrogen and oxygen atoms in total. The van der Waals surface area contributed by atoms with E-state index in [1.54, 1.807) is 12.1 Å². The maximum atomic E-state index is 12.1. The average molecular weight is 398 g/mol. The van der Waals surface area contributed by atoms with Gasteiger partial charge in [0.15, 0.2) is 6.61 Å². The zero-order valence-corrected chi connectivity index (χ0v) is 18.0. The van der Waals surface area contributed by atoms with E-state index in [4.69, 9.17) is 9.47 Å². The third-order valence-electron chi connectivity index (χ3n) is 4.67. The van der Waals surface area contributed by atoms with Crippen molar-refractivity contribution in [3.63, 3.8) is 0 Å². The van der Waals surface area contributed by atoms with Crippen LogP contribution < -0.4 is 10.1 Å². The number of hydrogen-bond donors (Lipinski definition) is 1. The van der Waals surface area contributed by atoms with Crippen LogP contribution in [0.2, 0.25) is 0 Å². The topological polar surface area (TPSA) is 64.6 Å². The van der Waals surface area contributed by atoms with Gasteiger partial charge in [-0.3, -0.25) is 4.79 Å². The first-order valence-corrected chi connectivity index (χ1v) is 9.98. The van der Waals surface area contributed by atoms with Gasteiger partial charge >= 0.3 is 5.97 Å². The van der Waals surface area contributed by atoms with Crippen LogP contribution in [0.4, 0.5) is 0 Å². The van der Waals surface area contributed by atoms with E-state index >= 15 is 0 Å². The van der Waals surface area contributed by atoms with Gasteiger partial charge in [-0.2, -0.15) is 0 Å². The quantitative estimate of drug-likeness (QED) is 0.660. The van der Waals surface area contributed by atoms with Crippen LogP contribution in [0.5, 0.6) is 5.75 Å². The normalized spacial score (nSPS) is 12.2. The maximum absolute atomic E-state index is 12.1. The number of nitrogens with one attached hydrogen (secondary N) is 1. The summed E-state index contributed by atoms with van der Waals surface area (Å²) in [5.41, 5.74) is 2.71. The summed E-state index contributed by atoms with van der Waals surface area (Å²) in [5.74, 6) is -0.0152. The number of benzene rings is 2. The zero-order chi connectivity index (χ0) is 21.4. The number of hydrogen-bond acceptors (Lipinski definition) is 4. The first-order chi connectivity index (χ1) is 13.7. The van der Waals surface area contributed by atoms with Gasteiger partial charge in [0.1, 0.15) is 12.4 Å². The molecule has 0 radical (unpaired) electrons. The highest BCUT2D eigenvalue weighted by Gasteiger charge is 2.13. The van der Waals surface area contributed by atoms with E-state index in [1.165, 1.54) is 5.56 Å². The largest absolute Gasteiger partial charge is 0.489 e. The highest BCUT2D eigenvalue weighted by atomic mass is 16.5. The van der Waals surface area contributed by atoms with Crippen molar-refractivity contribution in [2.45, 2.75) is 59.1 Å². The molecule has 0 aromatic heterocycles. The predicted molar refractivity (Wildman–Crippen MR) is 114 cm³/mol. The Morgan fingerprint density at radius 2 is 1.62 bits per heavy atom. The lowest BCUT2D eigenvalue weighted by Gasteiger charge is -2.19. The Bertz CT molecular complexity index is 804. The van der Waals surface area contributed by atoms with Gasteiger partial charge in [0.25, 0.3) is 5.91 Å². The molecule has 5 heteroatoms. The monoisotopic (exact) mass is 397 g/mol. The summed E-state index contributed by atoms with van der Waals surface area (Å²) >= 11 is 0. The summed E-state index contributed by atoms with van der Waals surface area (Å²) in [6.07, 6.45) is 0.823. The summed E-state index contributed by atoms with van der Waals surface area (Å²) in [6.45, 7) is 10.5. The number of esters is 1. The minimum atomic E-state index is -0.519. The molecule has 0 unspecified atom stereocenters. The number of carbonyl (C=O) groups is 2. The molecule has 0 spiro atoms. The van der Waals surface area contributed by atoms with Crippen LogP contribution in [-0.4, -0.2) is 24.5 Å². The fourth-order valence-corrected chi connectivity index (χ4v) is 2.59. The molecule has 0 aliphatic rings. The molecule has 0 saturated heterocycles. The van der Waals surface area contributed by atoms with Gasteiger partial charge in [-0.1, -0.05) is 52.0 Å². The Morgan fingerprint density at radius 3 is 2.17 bits per heavy atom. The van der Waals surface area contributed by atoms with Crippen LogP contribution in [0, 0.1) is 0 Å². The van der Waals surface area contributed by atoms with Crippen molar-refractivity contribution in [2.75, 3.05) is 6.61 Å². The van der Waals surface area contributed by atoms with E-state index in [-0.39, 0.29) is 24.0 Å². The van der Waals surface area contributed by atoms with Crippen LogP contribution in [0.15, 0.2) is 48.5 Å². The van der Waals surface area contributed by atoms with Gasteiger partial charge in [-0.25, -0.2) is 4.79 Å². The predicted octanol–water partition coefficient (Wildman–Crippen LogP) is 4.63. The fraction of sp³-hybridized carbons (Fsp3) is 0.417. The smallest absolute Gasteiger partial charge is 0.338 e. The second kappa shape index (κ2) is 10.1. The highest BCUT2D eigenvalue weighted by Crippen LogP contribution is 2.24. The number of amides is 1. The average Bonchev–Trinajstić information content (AvgIpc) is 2.70. The molecule has 0 aliphatic carbocycles. The van der Waals surface area contributed by atoms with Crippen molar-refractivity contribution in [3.8, 4) is 5.75 Å². The van der Waals surface area contributed by atoms with Crippen molar-refractivity contribution in [2.24, 2.45) is 0 Å². The SMILES string of the molecule is CC[C@@H](C)NC(=O)COC(=O)c1ccc(COc2ccc(C(C)(C)C)cc2)cc1. The molecular weight excluding hydrogens is 366 g/mol. The Labute approximate surface area is 173 Å². The number of rotatable bonds is 8. The van der Waals surface area contributed by atoms with Crippen molar-refractivity contribution in [1.29, 1.82) is 0 Å². The van der Waals surface area contributed by atoms with E-state index in [2.05, 4.69) is 38.2 Å². The summed E-state index contributed by atoms with van der Waals surface area (Å²) in [5, 5.41) is 2.76. The lowest BCUT2D eigenvalue weighted by Crippen LogP contribution is -2.35. The van der Waals surface area contributed by atoms with Crippen LogP contribution in [0.3, 0.4) is 0 Å². The lowest BCUT2D eigenvalue weighted by molar-refractivity contribution is -0.124. The Morgan fingerprint density at radius 1 is 1.00 bits per heavy atom. The second-order valence-electron chi connectivity index (χ2n) is 8.21. The second-order valence-corrected chi connectivity index (χ2v) is 8.21. The molecule has 156 valence electrons. The molecule has 0 fully saturated rings. The summed E-state index contributed by atoms with van der Waals surface area (Å²) in [6, 6.07) is 15.1. The van der Waals surface area contributed by atoms with Crippen LogP contribution in [0.1, 0.15) is 62.5 Å². The molecule has 0 heterocycles. The van der Waals surface area contributed by atoms with Crippen LogP contribution in [0.25, 0.3) is 0 Å². The van der Waals surface area contributed by atoms with Gasteiger partial charge in [0.05, 0.1) is 5.56 Å². The van der Waals surface area contributed by atoms with Gasteiger partial charge in [0, 0.05) is 6.04 Å². The third kappa shape index (κ3) is 7.26. The molecule has 0 bridgehead atoms. The van der Waals surface area contributed by atoms with E-state index in [9.17, 15) is 9.59 Å². The molecule has 0 aliphatic heterocycles. The highest BCUT2D eigenvalue weighted by molar-refractivity contribution is 5.91. The van der Waals surface area contributed by atoms with Gasteiger partial charge in [-0.15, -0.1) is 0 Å². The summed E-state index contributed by atoms with van der Waals surface area (Å²) < 4.78 is 10.9. The molecule has 29 heavy (non-hydrogen) atoms. The van der Waals surface area contributed by atoms with Crippen LogP contribution >= 0.6 is 0 Å². The van der Waals surface area contributed by atoms with Crippen molar-refractivity contribution < 1.29 is 19.1 Å². The summed E-state index contributed by atoms with van der Waals surface area (Å²) in [4.78, 5) is 23.8. The Balaban J connectivity index is 1.83. The Hall–Kier alpha value is -2.82. The van der Waals surface area contributed by atoms with E-state index < -0.39 is 5.97 Å². The molecule has 1 atom stereocenters. The first kappa shape index (κ1) is 22.5. The fourth-order valence-electron chi connectivity index (χ4n) is 2.59. The Kier molecular flexibility index (Phi) is 7.82. The maximum Gasteiger partial charge on any atom is 0.338 e. The number of carbonyl (C=O) groups excluding carboxylic acids is 2. The minimum absolute atomic E-state index is 0.0603. The van der Waals surface area contributed by atoms with Gasteiger partial charge in [-0.05, 0) is 54.2 Å². The standard InChI is InChI=1S/C24H31NO4/c1-6-17(2)25-22(26)16-29-23(27)19-9-7-18(8-10-19)15-28-21-13-11-20(12-14-21)24(3,4)5/h7-14,17H,6,15-16H2,1-5H3,(H,25,26)/t17-/m1/s1. The van der Waals surface area contributed by atoms with Gasteiger partial charge < -0.3 is 14.8 Å². The van der Waals surface area contributed by atoms with Gasteiger partial charge in [0.2, 0.25) is 0 Å². The molecular formula is C24H31NO4. The molecule has 0 saturated carbocycles. The third-order valence-corrected chi connectivity index (χ3v) is 4.67. The molecule has 2 rings (SSSR count). The summed E-state index contributed by atoms with van der Waals surface area (Å²) in [7, 11) is 0. The minimum Gasteiger partial charge on any atom is -0.489 e. The molecule has 2 aromatic carbocycles.